The second-order valence-electron chi connectivity index (χ2n) is 5.09. The lowest BCUT2D eigenvalue weighted by Crippen LogP contribution is -2.09. The van der Waals surface area contributed by atoms with Crippen LogP contribution in [0.15, 0.2) is 47.3 Å². The molecule has 22 heavy (non-hydrogen) atoms. The lowest BCUT2D eigenvalue weighted by atomic mass is 10.0. The number of aromatic nitrogens is 1. The first-order chi connectivity index (χ1) is 10.6. The smallest absolute Gasteiger partial charge is 0.256 e. The van der Waals surface area contributed by atoms with E-state index in [1.54, 1.807) is 20.3 Å². The molecule has 1 heterocycles. The van der Waals surface area contributed by atoms with Crippen molar-refractivity contribution in [2.24, 2.45) is 0 Å². The fraction of sp³-hybridized carbons (Fsp3) is 0.167. The molecule has 0 spiro atoms. The number of aromatic amines is 1. The van der Waals surface area contributed by atoms with Crippen molar-refractivity contribution in [3.8, 4) is 22.8 Å². The van der Waals surface area contributed by atoms with Gasteiger partial charge in [0.15, 0.2) is 0 Å². The lowest BCUT2D eigenvalue weighted by Gasteiger charge is -2.11. The van der Waals surface area contributed by atoms with Gasteiger partial charge in [-0.05, 0) is 59.8 Å². The molecule has 0 radical (unpaired) electrons. The summed E-state index contributed by atoms with van der Waals surface area (Å²) >= 11 is 0. The normalized spacial score (nSPS) is 10.7. The summed E-state index contributed by atoms with van der Waals surface area (Å²) in [5.74, 6) is 1.46. The summed E-state index contributed by atoms with van der Waals surface area (Å²) in [6, 6.07) is 13.2. The van der Waals surface area contributed by atoms with E-state index < -0.39 is 0 Å². The highest BCUT2D eigenvalue weighted by Gasteiger charge is 2.10. The Morgan fingerprint density at radius 2 is 1.50 bits per heavy atom. The molecule has 0 aliphatic carbocycles. The Morgan fingerprint density at radius 1 is 0.864 bits per heavy atom. The monoisotopic (exact) mass is 295 g/mol. The summed E-state index contributed by atoms with van der Waals surface area (Å²) in [6.45, 7) is 2.00. The van der Waals surface area contributed by atoms with Gasteiger partial charge in [0.2, 0.25) is 0 Å². The highest BCUT2D eigenvalue weighted by Crippen LogP contribution is 2.28. The molecular weight excluding hydrogens is 278 g/mol. The Labute approximate surface area is 128 Å². The van der Waals surface area contributed by atoms with E-state index in [0.29, 0.717) is 11.1 Å². The minimum atomic E-state index is -0.120. The number of ether oxygens (including phenoxy) is 2. The van der Waals surface area contributed by atoms with Gasteiger partial charge in [-0.15, -0.1) is 0 Å². The van der Waals surface area contributed by atoms with Crippen LogP contribution in [0.3, 0.4) is 0 Å². The first-order valence-electron chi connectivity index (χ1n) is 6.99. The van der Waals surface area contributed by atoms with Crippen LogP contribution in [0, 0.1) is 6.92 Å². The second kappa shape index (κ2) is 5.56. The largest absolute Gasteiger partial charge is 0.497 e. The maximum Gasteiger partial charge on any atom is 0.256 e. The molecule has 0 saturated heterocycles. The number of aryl methyl sites for hydroxylation is 1. The van der Waals surface area contributed by atoms with Gasteiger partial charge in [0.1, 0.15) is 11.5 Å². The molecule has 4 nitrogen and oxygen atoms in total. The van der Waals surface area contributed by atoms with E-state index in [1.807, 2.05) is 43.3 Å². The molecule has 2 aromatic carbocycles. The van der Waals surface area contributed by atoms with Crippen LogP contribution < -0.4 is 15.0 Å². The summed E-state index contributed by atoms with van der Waals surface area (Å²) in [4.78, 5) is 15.4. The maximum atomic E-state index is 12.4. The molecular formula is C18H17NO3. The molecule has 3 aromatic rings. The van der Waals surface area contributed by atoms with Gasteiger partial charge in [0.05, 0.1) is 25.3 Å². The van der Waals surface area contributed by atoms with Crippen molar-refractivity contribution in [2.45, 2.75) is 6.92 Å². The SMILES string of the molecule is COc1ccc(-c2[nH]c(=O)c3cc(OC)ccc3c2C)cc1. The molecule has 112 valence electrons. The number of pyridine rings is 1. The molecule has 0 unspecified atom stereocenters. The molecule has 1 aromatic heterocycles. The van der Waals surface area contributed by atoms with Crippen LogP contribution in [0.1, 0.15) is 5.56 Å². The number of hydrogen-bond acceptors (Lipinski definition) is 3. The Bertz CT molecular complexity index is 879. The Balaban J connectivity index is 2.22. The highest BCUT2D eigenvalue weighted by molar-refractivity contribution is 5.90. The van der Waals surface area contributed by atoms with E-state index in [0.717, 1.165) is 28.0 Å². The van der Waals surface area contributed by atoms with E-state index >= 15 is 0 Å². The molecule has 0 saturated carbocycles. The Hall–Kier alpha value is -2.75. The van der Waals surface area contributed by atoms with Crippen molar-refractivity contribution >= 4 is 10.8 Å². The number of H-pyrrole nitrogens is 1. The molecule has 0 atom stereocenters. The molecule has 4 heteroatoms. The molecule has 3 rings (SSSR count). The van der Waals surface area contributed by atoms with Gasteiger partial charge in [-0.3, -0.25) is 4.79 Å². The number of nitrogens with one attached hydrogen (secondary N) is 1. The van der Waals surface area contributed by atoms with Crippen LogP contribution in [0.5, 0.6) is 11.5 Å². The zero-order valence-corrected chi connectivity index (χ0v) is 12.8. The summed E-state index contributed by atoms with van der Waals surface area (Å²) < 4.78 is 10.4. The molecule has 0 fully saturated rings. The molecule has 0 aliphatic rings. The lowest BCUT2D eigenvalue weighted by molar-refractivity contribution is 0.415. The molecule has 0 bridgehead atoms. The van der Waals surface area contributed by atoms with Gasteiger partial charge < -0.3 is 14.5 Å². The van der Waals surface area contributed by atoms with Crippen LogP contribution >= 0.6 is 0 Å². The summed E-state index contributed by atoms with van der Waals surface area (Å²) in [6.07, 6.45) is 0. The van der Waals surface area contributed by atoms with Crippen LogP contribution in [0.25, 0.3) is 22.0 Å². The zero-order valence-electron chi connectivity index (χ0n) is 12.8. The van der Waals surface area contributed by atoms with Crippen molar-refractivity contribution < 1.29 is 9.47 Å². The number of rotatable bonds is 3. The standard InChI is InChI=1S/C18H17NO3/c1-11-15-9-8-14(22-3)10-16(15)18(20)19-17(11)12-4-6-13(21-2)7-5-12/h4-10H,1-3H3,(H,19,20). The third-order valence-electron chi connectivity index (χ3n) is 3.87. The molecule has 0 amide bonds. The first kappa shape index (κ1) is 14.2. The van der Waals surface area contributed by atoms with E-state index in [9.17, 15) is 4.79 Å². The van der Waals surface area contributed by atoms with E-state index in [1.165, 1.54) is 0 Å². The van der Waals surface area contributed by atoms with Crippen molar-refractivity contribution in [3.05, 3.63) is 58.4 Å². The fourth-order valence-electron chi connectivity index (χ4n) is 2.62. The highest BCUT2D eigenvalue weighted by atomic mass is 16.5. The van der Waals surface area contributed by atoms with E-state index in [4.69, 9.17) is 9.47 Å². The molecule has 1 N–H and O–H groups in total. The van der Waals surface area contributed by atoms with Gasteiger partial charge in [-0.2, -0.15) is 0 Å². The number of benzene rings is 2. The Morgan fingerprint density at radius 3 is 2.14 bits per heavy atom. The average Bonchev–Trinajstić information content (AvgIpc) is 2.57. The minimum Gasteiger partial charge on any atom is -0.497 e. The fourth-order valence-corrected chi connectivity index (χ4v) is 2.62. The summed E-state index contributed by atoms with van der Waals surface area (Å²) in [5, 5.41) is 1.56. The third-order valence-corrected chi connectivity index (χ3v) is 3.87. The van der Waals surface area contributed by atoms with E-state index in [-0.39, 0.29) is 5.56 Å². The third kappa shape index (κ3) is 2.33. The van der Waals surface area contributed by atoms with Crippen molar-refractivity contribution in [3.63, 3.8) is 0 Å². The van der Waals surface area contributed by atoms with Gasteiger partial charge in [-0.1, -0.05) is 6.07 Å². The van der Waals surface area contributed by atoms with Gasteiger partial charge in [0.25, 0.3) is 5.56 Å². The topological polar surface area (TPSA) is 51.3 Å². The predicted molar refractivity (Wildman–Crippen MR) is 87.8 cm³/mol. The van der Waals surface area contributed by atoms with Crippen LogP contribution in [0.4, 0.5) is 0 Å². The first-order valence-corrected chi connectivity index (χ1v) is 6.99. The Kier molecular flexibility index (Phi) is 3.59. The number of fused-ring (bicyclic) bond motifs is 1. The number of methoxy groups -OCH3 is 2. The summed E-state index contributed by atoms with van der Waals surface area (Å²) in [7, 11) is 3.22. The van der Waals surface area contributed by atoms with Crippen LogP contribution in [-0.2, 0) is 0 Å². The zero-order chi connectivity index (χ0) is 15.7. The summed E-state index contributed by atoms with van der Waals surface area (Å²) in [5.41, 5.74) is 2.69. The van der Waals surface area contributed by atoms with Crippen molar-refractivity contribution in [1.29, 1.82) is 0 Å². The molecule has 0 aliphatic heterocycles. The second-order valence-corrected chi connectivity index (χ2v) is 5.09. The number of hydrogen-bond donors (Lipinski definition) is 1. The maximum absolute atomic E-state index is 12.4. The van der Waals surface area contributed by atoms with Crippen LogP contribution in [0.2, 0.25) is 0 Å². The van der Waals surface area contributed by atoms with Crippen LogP contribution in [-0.4, -0.2) is 19.2 Å². The predicted octanol–water partition coefficient (Wildman–Crippen LogP) is 3.52. The van der Waals surface area contributed by atoms with Gasteiger partial charge >= 0.3 is 0 Å². The minimum absolute atomic E-state index is 0.120. The van der Waals surface area contributed by atoms with Gasteiger partial charge in [0, 0.05) is 0 Å². The van der Waals surface area contributed by atoms with E-state index in [2.05, 4.69) is 4.98 Å². The van der Waals surface area contributed by atoms with Gasteiger partial charge in [-0.25, -0.2) is 0 Å². The average molecular weight is 295 g/mol. The van der Waals surface area contributed by atoms with Crippen molar-refractivity contribution in [2.75, 3.05) is 14.2 Å². The quantitative estimate of drug-likeness (QED) is 0.804. The van der Waals surface area contributed by atoms with Crippen molar-refractivity contribution in [1.82, 2.24) is 4.98 Å².